The molecule has 0 spiro atoms. The summed E-state index contributed by atoms with van der Waals surface area (Å²) >= 11 is 0. The maximum absolute atomic E-state index is 13.6. The van der Waals surface area contributed by atoms with Crippen LogP contribution in [0.1, 0.15) is 23.2 Å². The van der Waals surface area contributed by atoms with Crippen molar-refractivity contribution in [2.24, 2.45) is 0 Å². The van der Waals surface area contributed by atoms with Gasteiger partial charge in [-0.05, 0) is 12.8 Å². The molecule has 84 valence electrons. The van der Waals surface area contributed by atoms with Gasteiger partial charge in [0, 0.05) is 24.9 Å². The molecule has 1 fully saturated rings. The van der Waals surface area contributed by atoms with E-state index < -0.39 is 11.6 Å². The molecule has 1 aromatic carbocycles. The van der Waals surface area contributed by atoms with Gasteiger partial charge in [0.25, 0.3) is 0 Å². The normalized spacial score (nSPS) is 16.6. The van der Waals surface area contributed by atoms with Crippen LogP contribution in [0.4, 0.5) is 4.39 Å². The van der Waals surface area contributed by atoms with Crippen molar-refractivity contribution in [1.82, 2.24) is 4.90 Å². The maximum atomic E-state index is 13.6. The van der Waals surface area contributed by atoms with Crippen LogP contribution in [-0.4, -0.2) is 23.8 Å². The molecule has 0 amide bonds. The minimum Gasteiger partial charge on any atom is -0.375 e. The average molecular weight is 219 g/mol. The number of halogens is 1. The Hall–Kier alpha value is -1.64. The second-order valence-electron chi connectivity index (χ2n) is 3.92. The van der Waals surface area contributed by atoms with Crippen LogP contribution in [0.2, 0.25) is 0 Å². The van der Waals surface area contributed by atoms with Crippen LogP contribution in [0.5, 0.6) is 0 Å². The summed E-state index contributed by atoms with van der Waals surface area (Å²) < 4.78 is 13.6. The Labute approximate surface area is 94.4 Å². The first-order valence-electron chi connectivity index (χ1n) is 5.48. The van der Waals surface area contributed by atoms with Gasteiger partial charge in [0.2, 0.25) is 5.78 Å². The van der Waals surface area contributed by atoms with Gasteiger partial charge < -0.3 is 4.90 Å². The second-order valence-corrected chi connectivity index (χ2v) is 3.92. The molecule has 1 aliphatic heterocycles. The number of rotatable bonds is 3. The summed E-state index contributed by atoms with van der Waals surface area (Å²) in [5.41, 5.74) is 0.399. The number of benzene rings is 1. The lowest BCUT2D eigenvalue weighted by Gasteiger charge is -2.10. The van der Waals surface area contributed by atoms with E-state index in [0.29, 0.717) is 5.56 Å². The number of carbonyl (C=O) groups excluding carboxylic acids is 1. The van der Waals surface area contributed by atoms with E-state index in [1.807, 2.05) is 4.90 Å². The van der Waals surface area contributed by atoms with Crippen molar-refractivity contribution >= 4 is 5.78 Å². The Balaban J connectivity index is 2.09. The van der Waals surface area contributed by atoms with Crippen LogP contribution in [0.25, 0.3) is 0 Å². The molecule has 1 saturated heterocycles. The Bertz CT molecular complexity index is 394. The Morgan fingerprint density at radius 2 is 1.81 bits per heavy atom. The average Bonchev–Trinajstić information content (AvgIpc) is 2.82. The monoisotopic (exact) mass is 219 g/mol. The summed E-state index contributed by atoms with van der Waals surface area (Å²) in [5.74, 6) is -1.21. The van der Waals surface area contributed by atoms with Crippen molar-refractivity contribution in [2.75, 3.05) is 13.1 Å². The summed E-state index contributed by atoms with van der Waals surface area (Å²) in [4.78, 5) is 13.5. The fourth-order valence-corrected chi connectivity index (χ4v) is 1.82. The van der Waals surface area contributed by atoms with Gasteiger partial charge >= 0.3 is 0 Å². The van der Waals surface area contributed by atoms with E-state index >= 15 is 0 Å². The molecule has 1 aromatic rings. The number of allylic oxidation sites excluding steroid dienone is 1. The van der Waals surface area contributed by atoms with Gasteiger partial charge in [0.05, 0.1) is 0 Å². The quantitative estimate of drug-likeness (QED) is 0.575. The lowest BCUT2D eigenvalue weighted by molar-refractivity contribution is 0.100. The number of ketones is 1. The molecule has 1 aliphatic rings. The summed E-state index contributed by atoms with van der Waals surface area (Å²) in [6, 6.07) is 8.52. The van der Waals surface area contributed by atoms with Crippen LogP contribution in [0, 0.1) is 0 Å². The molecule has 1 heterocycles. The highest BCUT2D eigenvalue weighted by molar-refractivity contribution is 6.07. The first kappa shape index (κ1) is 10.9. The molecule has 3 heteroatoms. The van der Waals surface area contributed by atoms with Crippen LogP contribution in [0.3, 0.4) is 0 Å². The smallest absolute Gasteiger partial charge is 0.222 e. The third-order valence-corrected chi connectivity index (χ3v) is 2.69. The third-order valence-electron chi connectivity index (χ3n) is 2.69. The van der Waals surface area contributed by atoms with E-state index in [-0.39, 0.29) is 0 Å². The van der Waals surface area contributed by atoms with Gasteiger partial charge in [-0.15, -0.1) is 0 Å². The topological polar surface area (TPSA) is 20.3 Å². The van der Waals surface area contributed by atoms with Crippen molar-refractivity contribution in [2.45, 2.75) is 12.8 Å². The minimum atomic E-state index is -0.673. The highest BCUT2D eigenvalue weighted by Crippen LogP contribution is 2.14. The Morgan fingerprint density at radius 3 is 2.44 bits per heavy atom. The number of hydrogen-bond donors (Lipinski definition) is 0. The first-order valence-corrected chi connectivity index (χ1v) is 5.48. The van der Waals surface area contributed by atoms with Gasteiger partial charge in [-0.3, -0.25) is 4.79 Å². The molecule has 16 heavy (non-hydrogen) atoms. The van der Waals surface area contributed by atoms with Crippen molar-refractivity contribution in [3.8, 4) is 0 Å². The highest BCUT2D eigenvalue weighted by Gasteiger charge is 2.15. The summed E-state index contributed by atoms with van der Waals surface area (Å²) in [6.45, 7) is 1.69. The lowest BCUT2D eigenvalue weighted by atomic mass is 10.1. The molecule has 0 N–H and O–H groups in total. The van der Waals surface area contributed by atoms with E-state index in [4.69, 9.17) is 0 Å². The first-order chi connectivity index (χ1) is 7.77. The minimum absolute atomic E-state index is 0.399. The van der Waals surface area contributed by atoms with E-state index in [9.17, 15) is 9.18 Å². The molecular weight excluding hydrogens is 205 g/mol. The van der Waals surface area contributed by atoms with Crippen LogP contribution >= 0.6 is 0 Å². The Kier molecular flexibility index (Phi) is 3.34. The number of carbonyl (C=O) groups is 1. The molecule has 2 rings (SSSR count). The second kappa shape index (κ2) is 4.92. The van der Waals surface area contributed by atoms with E-state index in [1.54, 1.807) is 30.3 Å². The summed E-state index contributed by atoms with van der Waals surface area (Å²) in [7, 11) is 0. The van der Waals surface area contributed by atoms with E-state index in [0.717, 1.165) is 25.9 Å². The van der Waals surface area contributed by atoms with E-state index in [2.05, 4.69) is 0 Å². The molecule has 0 atom stereocenters. The van der Waals surface area contributed by atoms with Crippen molar-refractivity contribution in [1.29, 1.82) is 0 Å². The zero-order valence-electron chi connectivity index (χ0n) is 9.03. The van der Waals surface area contributed by atoms with E-state index in [1.165, 1.54) is 6.20 Å². The number of hydrogen-bond acceptors (Lipinski definition) is 2. The fourth-order valence-electron chi connectivity index (χ4n) is 1.82. The van der Waals surface area contributed by atoms with Crippen LogP contribution in [0.15, 0.2) is 42.4 Å². The number of likely N-dealkylation sites (tertiary alicyclic amines) is 1. The fraction of sp³-hybridized carbons (Fsp3) is 0.308. The van der Waals surface area contributed by atoms with Crippen LogP contribution < -0.4 is 0 Å². The molecule has 0 radical (unpaired) electrons. The third kappa shape index (κ3) is 2.48. The predicted octanol–water partition coefficient (Wildman–Crippen LogP) is 2.78. The SMILES string of the molecule is O=C(/C(F)=C\N1CCCC1)c1ccccc1. The van der Waals surface area contributed by atoms with Crippen molar-refractivity contribution < 1.29 is 9.18 Å². The van der Waals surface area contributed by atoms with Gasteiger partial charge in [-0.2, -0.15) is 0 Å². The maximum Gasteiger partial charge on any atom is 0.222 e. The largest absolute Gasteiger partial charge is 0.375 e. The van der Waals surface area contributed by atoms with Crippen molar-refractivity contribution in [3.63, 3.8) is 0 Å². The van der Waals surface area contributed by atoms with Gasteiger partial charge in [0.1, 0.15) is 0 Å². The zero-order valence-corrected chi connectivity index (χ0v) is 9.03. The molecule has 0 aliphatic carbocycles. The molecular formula is C13H14FNO. The van der Waals surface area contributed by atoms with Crippen molar-refractivity contribution in [3.05, 3.63) is 47.9 Å². The highest BCUT2D eigenvalue weighted by atomic mass is 19.1. The van der Waals surface area contributed by atoms with Crippen LogP contribution in [-0.2, 0) is 0 Å². The standard InChI is InChI=1S/C13H14FNO/c14-12(10-15-8-4-5-9-15)13(16)11-6-2-1-3-7-11/h1-3,6-7,10H,4-5,8-9H2/b12-10+. The lowest BCUT2D eigenvalue weighted by Crippen LogP contribution is -2.13. The van der Waals surface area contributed by atoms with Gasteiger partial charge in [-0.1, -0.05) is 30.3 Å². The molecule has 0 saturated carbocycles. The number of nitrogens with zero attached hydrogens (tertiary/aromatic N) is 1. The molecule has 0 aromatic heterocycles. The summed E-state index contributed by atoms with van der Waals surface area (Å²) in [5, 5.41) is 0. The zero-order chi connectivity index (χ0) is 11.4. The molecule has 0 bridgehead atoms. The molecule has 2 nitrogen and oxygen atoms in total. The number of Topliss-reactive ketones (excluding diaryl/α,β-unsaturated/α-hetero) is 1. The van der Waals surface area contributed by atoms with Gasteiger partial charge in [0.15, 0.2) is 5.83 Å². The predicted molar refractivity (Wildman–Crippen MR) is 60.8 cm³/mol. The van der Waals surface area contributed by atoms with Gasteiger partial charge in [-0.25, -0.2) is 4.39 Å². The summed E-state index contributed by atoms with van der Waals surface area (Å²) in [6.07, 6.45) is 3.48. The molecule has 0 unspecified atom stereocenters. The Morgan fingerprint density at radius 1 is 1.19 bits per heavy atom.